The van der Waals surface area contributed by atoms with E-state index >= 15 is 0 Å². The molecule has 54 valence electrons. The summed E-state index contributed by atoms with van der Waals surface area (Å²) >= 11 is 1.27. The van der Waals surface area contributed by atoms with Crippen LogP contribution < -0.4 is 0 Å². The molecular weight excluding hydrogens is 151 g/mol. The molecule has 0 amide bonds. The molecule has 0 aromatic carbocycles. The van der Waals surface area contributed by atoms with E-state index < -0.39 is 5.67 Å². The van der Waals surface area contributed by atoms with E-state index in [1.807, 2.05) is 6.92 Å². The third-order valence-electron chi connectivity index (χ3n) is 1.62. The van der Waals surface area contributed by atoms with Crippen molar-refractivity contribution in [1.29, 1.82) is 0 Å². The summed E-state index contributed by atoms with van der Waals surface area (Å²) in [6, 6.07) is 0. The molecule has 0 atom stereocenters. The van der Waals surface area contributed by atoms with E-state index in [2.05, 4.69) is 9.36 Å². The molecule has 1 aromatic rings. The summed E-state index contributed by atoms with van der Waals surface area (Å²) < 4.78 is 17.0. The summed E-state index contributed by atoms with van der Waals surface area (Å²) in [6.07, 6.45) is 1.20. The average Bonchev–Trinajstić information content (AvgIpc) is 2.45. The lowest BCUT2D eigenvalue weighted by molar-refractivity contribution is 0.303. The first-order valence-corrected chi connectivity index (χ1v) is 3.98. The zero-order chi connectivity index (χ0) is 7.19. The molecule has 0 unspecified atom stereocenters. The molecule has 0 spiro atoms. The predicted octanol–water partition coefficient (Wildman–Crippen LogP) is 1.81. The number of alkyl halides is 1. The zero-order valence-corrected chi connectivity index (χ0v) is 6.41. The Balaban J connectivity index is 2.34. The second kappa shape index (κ2) is 1.75. The first-order valence-electron chi connectivity index (χ1n) is 3.20. The van der Waals surface area contributed by atoms with Crippen LogP contribution >= 0.6 is 11.5 Å². The quantitative estimate of drug-likeness (QED) is 0.622. The molecule has 0 N–H and O–H groups in total. The SMILES string of the molecule is Cc1nc(C2(F)CC2)ns1. The van der Waals surface area contributed by atoms with Crippen molar-refractivity contribution in [1.82, 2.24) is 9.36 Å². The van der Waals surface area contributed by atoms with Crippen molar-refractivity contribution in [2.75, 3.05) is 0 Å². The molecule has 1 heterocycles. The van der Waals surface area contributed by atoms with Crippen molar-refractivity contribution in [3.05, 3.63) is 10.8 Å². The Hall–Kier alpha value is -0.510. The second-order valence-electron chi connectivity index (χ2n) is 2.60. The topological polar surface area (TPSA) is 25.8 Å². The fourth-order valence-corrected chi connectivity index (χ4v) is 1.36. The van der Waals surface area contributed by atoms with E-state index in [1.54, 1.807) is 0 Å². The van der Waals surface area contributed by atoms with Gasteiger partial charge in [-0.3, -0.25) is 0 Å². The van der Waals surface area contributed by atoms with Crippen LogP contribution in [0.1, 0.15) is 23.7 Å². The Labute approximate surface area is 62.3 Å². The van der Waals surface area contributed by atoms with Gasteiger partial charge in [-0.05, 0) is 31.3 Å². The van der Waals surface area contributed by atoms with E-state index in [0.29, 0.717) is 18.7 Å². The fraction of sp³-hybridized carbons (Fsp3) is 0.667. The van der Waals surface area contributed by atoms with Gasteiger partial charge in [0.2, 0.25) is 0 Å². The van der Waals surface area contributed by atoms with Crippen LogP contribution in [-0.4, -0.2) is 9.36 Å². The van der Waals surface area contributed by atoms with Gasteiger partial charge in [0.1, 0.15) is 5.01 Å². The van der Waals surface area contributed by atoms with Gasteiger partial charge in [-0.2, -0.15) is 4.37 Å². The summed E-state index contributed by atoms with van der Waals surface area (Å²) in [5.74, 6) is 0.398. The molecule has 1 aliphatic carbocycles. The smallest absolute Gasteiger partial charge is 0.179 e. The van der Waals surface area contributed by atoms with E-state index in [9.17, 15) is 4.39 Å². The van der Waals surface area contributed by atoms with Crippen LogP contribution in [0.3, 0.4) is 0 Å². The molecule has 0 saturated heterocycles. The minimum atomic E-state index is -1.15. The number of hydrogen-bond acceptors (Lipinski definition) is 3. The summed E-state index contributed by atoms with van der Waals surface area (Å²) in [7, 11) is 0. The molecule has 0 radical (unpaired) electrons. The number of halogens is 1. The van der Waals surface area contributed by atoms with Gasteiger partial charge in [-0.15, -0.1) is 0 Å². The molecule has 0 aliphatic heterocycles. The lowest BCUT2D eigenvalue weighted by Gasteiger charge is -1.93. The summed E-state index contributed by atoms with van der Waals surface area (Å²) in [6.45, 7) is 1.84. The minimum absolute atomic E-state index is 0.398. The normalized spacial score (nSPS) is 21.0. The molecule has 1 fully saturated rings. The van der Waals surface area contributed by atoms with E-state index in [1.165, 1.54) is 11.5 Å². The Morgan fingerprint density at radius 1 is 1.60 bits per heavy atom. The monoisotopic (exact) mass is 158 g/mol. The van der Waals surface area contributed by atoms with Crippen molar-refractivity contribution >= 4 is 11.5 Å². The third kappa shape index (κ3) is 0.831. The maximum atomic E-state index is 13.1. The maximum absolute atomic E-state index is 13.1. The van der Waals surface area contributed by atoms with Crippen molar-refractivity contribution in [3.63, 3.8) is 0 Å². The van der Waals surface area contributed by atoms with E-state index in [0.717, 1.165) is 5.01 Å². The van der Waals surface area contributed by atoms with Crippen molar-refractivity contribution in [3.8, 4) is 0 Å². The number of aromatic nitrogens is 2. The lowest BCUT2D eigenvalue weighted by atomic mass is 10.4. The molecule has 1 saturated carbocycles. The highest BCUT2D eigenvalue weighted by Crippen LogP contribution is 2.48. The van der Waals surface area contributed by atoms with Crippen molar-refractivity contribution < 1.29 is 4.39 Å². The maximum Gasteiger partial charge on any atom is 0.179 e. The summed E-state index contributed by atoms with van der Waals surface area (Å²) in [4.78, 5) is 3.98. The minimum Gasteiger partial charge on any atom is -0.235 e. The zero-order valence-electron chi connectivity index (χ0n) is 5.59. The number of rotatable bonds is 1. The van der Waals surface area contributed by atoms with Crippen LogP contribution in [0.15, 0.2) is 0 Å². The first kappa shape index (κ1) is 6.22. The first-order chi connectivity index (χ1) is 4.71. The lowest BCUT2D eigenvalue weighted by Crippen LogP contribution is -1.99. The highest BCUT2D eigenvalue weighted by Gasteiger charge is 2.48. The molecule has 1 aromatic heterocycles. The van der Waals surface area contributed by atoms with Crippen molar-refractivity contribution in [2.45, 2.75) is 25.4 Å². The van der Waals surface area contributed by atoms with E-state index in [4.69, 9.17) is 0 Å². The van der Waals surface area contributed by atoms with Gasteiger partial charge in [-0.25, -0.2) is 9.37 Å². The average molecular weight is 158 g/mol. The van der Waals surface area contributed by atoms with Crippen LogP contribution in [-0.2, 0) is 5.67 Å². The van der Waals surface area contributed by atoms with Crippen LogP contribution in [0.2, 0.25) is 0 Å². The Kier molecular flexibility index (Phi) is 1.09. The Bertz CT molecular complexity index is 254. The molecule has 10 heavy (non-hydrogen) atoms. The van der Waals surface area contributed by atoms with Gasteiger partial charge in [0.15, 0.2) is 11.5 Å². The van der Waals surface area contributed by atoms with Gasteiger partial charge in [0.25, 0.3) is 0 Å². The molecule has 2 nitrogen and oxygen atoms in total. The predicted molar refractivity (Wildman–Crippen MR) is 36.7 cm³/mol. The van der Waals surface area contributed by atoms with Gasteiger partial charge >= 0.3 is 0 Å². The van der Waals surface area contributed by atoms with Crippen molar-refractivity contribution in [2.24, 2.45) is 0 Å². The molecule has 1 aliphatic rings. The third-order valence-corrected chi connectivity index (χ3v) is 2.24. The van der Waals surface area contributed by atoms with Crippen LogP contribution in [0.4, 0.5) is 4.39 Å². The van der Waals surface area contributed by atoms with Crippen LogP contribution in [0.5, 0.6) is 0 Å². The van der Waals surface area contributed by atoms with Gasteiger partial charge in [0.05, 0.1) is 0 Å². The molecular formula is C6H7FN2S. The highest BCUT2D eigenvalue weighted by molar-refractivity contribution is 7.05. The molecule has 0 bridgehead atoms. The Morgan fingerprint density at radius 2 is 2.30 bits per heavy atom. The van der Waals surface area contributed by atoms with Crippen LogP contribution in [0.25, 0.3) is 0 Å². The Morgan fingerprint density at radius 3 is 2.70 bits per heavy atom. The standard InChI is InChI=1S/C6H7FN2S/c1-4-8-5(9-10-4)6(7)2-3-6/h2-3H2,1H3. The second-order valence-corrected chi connectivity index (χ2v) is 3.56. The largest absolute Gasteiger partial charge is 0.235 e. The molecule has 2 rings (SSSR count). The van der Waals surface area contributed by atoms with Crippen LogP contribution in [0, 0.1) is 6.92 Å². The van der Waals surface area contributed by atoms with Gasteiger partial charge < -0.3 is 0 Å². The fourth-order valence-electron chi connectivity index (χ4n) is 0.815. The van der Waals surface area contributed by atoms with Gasteiger partial charge in [-0.1, -0.05) is 0 Å². The summed E-state index contributed by atoms with van der Waals surface area (Å²) in [5.41, 5.74) is -1.15. The van der Waals surface area contributed by atoms with Gasteiger partial charge in [0, 0.05) is 0 Å². The number of aryl methyl sites for hydroxylation is 1. The summed E-state index contributed by atoms with van der Waals surface area (Å²) in [5, 5.41) is 0.846. The number of nitrogens with zero attached hydrogens (tertiary/aromatic N) is 2. The molecule has 4 heteroatoms. The van der Waals surface area contributed by atoms with E-state index in [-0.39, 0.29) is 0 Å². The highest BCUT2D eigenvalue weighted by atomic mass is 32.1. The number of hydrogen-bond donors (Lipinski definition) is 0.